The van der Waals surface area contributed by atoms with E-state index in [4.69, 9.17) is 9.47 Å². The second-order valence-corrected chi connectivity index (χ2v) is 21.1. The molecule has 2 unspecified atom stereocenters. The van der Waals surface area contributed by atoms with E-state index >= 15 is 26.3 Å². The maximum Gasteiger partial charge on any atom is 0.416 e. The summed E-state index contributed by atoms with van der Waals surface area (Å²) < 4.78 is 150. The Bertz CT molecular complexity index is 4290. The number of fused-ring (bicyclic) bond motifs is 8. The Balaban J connectivity index is 0.840. The van der Waals surface area contributed by atoms with Crippen LogP contribution >= 0.6 is 0 Å². The number of amides is 8. The van der Waals surface area contributed by atoms with Gasteiger partial charge in [0.2, 0.25) is 0 Å². The van der Waals surface area contributed by atoms with Gasteiger partial charge in [0.15, 0.2) is 0 Å². The van der Waals surface area contributed by atoms with Crippen molar-refractivity contribution >= 4 is 64.3 Å². The van der Waals surface area contributed by atoms with Crippen LogP contribution in [0.1, 0.15) is 141 Å². The minimum absolute atomic E-state index is 0.120. The van der Waals surface area contributed by atoms with Crippen molar-refractivity contribution in [2.75, 3.05) is 21.7 Å². The van der Waals surface area contributed by atoms with E-state index in [-0.39, 0.29) is 44.3 Å². The molecular weight excluding hydrogens is 1110 g/mol. The maximum absolute atomic E-state index is 15.8. The molecule has 0 aliphatic carbocycles. The Kier molecular flexibility index (Phi) is 10.6. The van der Waals surface area contributed by atoms with Gasteiger partial charge in [-0.15, -0.1) is 0 Å². The fourth-order valence-corrected chi connectivity index (χ4v) is 11.7. The van der Waals surface area contributed by atoms with Gasteiger partial charge in [-0.2, -0.15) is 39.5 Å². The molecule has 7 aromatic carbocycles. The fraction of sp³-hybridized carbons (Fsp3) is 0.167. The molecule has 7 aromatic rings. The first-order valence-electron chi connectivity index (χ1n) is 25.0. The van der Waals surface area contributed by atoms with Gasteiger partial charge in [-0.3, -0.25) is 43.3 Å². The van der Waals surface area contributed by atoms with Gasteiger partial charge in [0, 0.05) is 29.3 Å². The first-order chi connectivity index (χ1) is 38.9. The molecule has 83 heavy (non-hydrogen) atoms. The van der Waals surface area contributed by atoms with Crippen LogP contribution < -0.4 is 24.2 Å². The zero-order valence-corrected chi connectivity index (χ0v) is 42.9. The number of hydrogen-bond donors (Lipinski definition) is 0. The number of benzene rings is 7. The Hall–Kier alpha value is -9.93. The summed E-state index contributed by atoms with van der Waals surface area (Å²) in [5, 5.41) is 0. The number of imide groups is 4. The Morgan fingerprint density at radius 2 is 0.675 bits per heavy atom. The van der Waals surface area contributed by atoms with Gasteiger partial charge in [0.05, 0.1) is 67.1 Å². The average Bonchev–Trinajstić information content (AvgIpc) is 2.45. The van der Waals surface area contributed by atoms with E-state index in [0.717, 1.165) is 65.0 Å². The predicted molar refractivity (Wildman–Crippen MR) is 273 cm³/mol. The number of ether oxygens (including phenoxy) is 2. The molecule has 13 rings (SSSR count). The van der Waals surface area contributed by atoms with E-state index < -0.39 is 167 Å². The lowest BCUT2D eigenvalue weighted by molar-refractivity contribution is -0.175. The zero-order valence-electron chi connectivity index (χ0n) is 42.9. The summed E-state index contributed by atoms with van der Waals surface area (Å²) in [7, 11) is 1.11. The first kappa shape index (κ1) is 52.4. The number of aryl methyl sites for hydroxylation is 1. The van der Waals surface area contributed by atoms with Gasteiger partial charge in [-0.25, -0.2) is 14.7 Å². The highest BCUT2D eigenvalue weighted by atomic mass is 19.4. The van der Waals surface area contributed by atoms with Crippen LogP contribution in [0.15, 0.2) is 115 Å². The molecule has 0 N–H and O–H groups in total. The van der Waals surface area contributed by atoms with Crippen molar-refractivity contribution in [1.82, 2.24) is 4.90 Å². The lowest BCUT2D eigenvalue weighted by atomic mass is 9.72. The van der Waals surface area contributed by atoms with E-state index in [9.17, 15) is 51.5 Å². The summed E-state index contributed by atoms with van der Waals surface area (Å²) in [6, 6.07) is 21.8. The first-order valence-corrected chi connectivity index (χ1v) is 25.0. The van der Waals surface area contributed by atoms with Crippen molar-refractivity contribution in [3.8, 4) is 23.0 Å². The third-order valence-corrected chi connectivity index (χ3v) is 16.3. The summed E-state index contributed by atoms with van der Waals surface area (Å²) >= 11 is 0. The molecule has 0 saturated carbocycles. The molecular formula is C60H33F9N4O10. The fourth-order valence-electron chi connectivity index (χ4n) is 11.7. The van der Waals surface area contributed by atoms with E-state index in [1.807, 2.05) is 31.2 Å². The van der Waals surface area contributed by atoms with Crippen molar-refractivity contribution in [2.45, 2.75) is 56.6 Å². The van der Waals surface area contributed by atoms with E-state index in [1.165, 1.54) is 12.1 Å². The van der Waals surface area contributed by atoms with Gasteiger partial charge in [0.1, 0.15) is 33.8 Å². The van der Waals surface area contributed by atoms with Crippen LogP contribution in [0.25, 0.3) is 0 Å². The minimum atomic E-state index is -5.37. The number of alkyl halides is 9. The SMILES string of the molecule is Cc1ccc(Cc2ccc(N3C(=O)c4cc5c(cc4C3=O)C(C)(C(F)(F)F)c3cc4c(cc3O5)C(=O)N(c3cc(N5C(=O)c6cc7c(cc6C5=O)C(C)(C(F)(F)F)c5cc6c(cc5O7)C(=O)N(C)C6=O)cc(C(F)(F)F)c3)C4=O)cc2)cc1. The molecule has 0 fully saturated rings. The molecule has 416 valence electrons. The molecule has 0 saturated heterocycles. The molecule has 6 aliphatic heterocycles. The number of carbonyl (C=O) groups excluding carboxylic acids is 8. The number of anilines is 3. The standard InChI is InChI=1S/C60H33F9N4O10/c1-25-5-7-26(8-6-25)13-27-9-11-29(12-10-27)71-50(76)33-18-41-45(22-37(33)53(71)79)83-47-24-39-35(20-43(47)57(41,3)60(67,68)69)52(78)73(55(39)81)31-15-28(58(61,62)63)14-30(16-31)72-51(77)34-19-42-46(23-38(34)54(72)80)82-44-21-36-32(48(74)70(4)49(36)75)17-40(44)56(42,2)59(64,65)66/h5-12,14-24H,13H2,1-4H3. The highest BCUT2D eigenvalue weighted by Gasteiger charge is 2.61. The molecule has 0 bridgehead atoms. The third kappa shape index (κ3) is 7.18. The summed E-state index contributed by atoms with van der Waals surface area (Å²) in [6.45, 7) is 3.34. The van der Waals surface area contributed by atoms with Crippen LogP contribution in [0.4, 0.5) is 56.6 Å². The van der Waals surface area contributed by atoms with E-state index in [2.05, 4.69) is 0 Å². The molecule has 2 atom stereocenters. The molecule has 6 aliphatic rings. The van der Waals surface area contributed by atoms with Crippen LogP contribution in [0.3, 0.4) is 0 Å². The highest BCUT2D eigenvalue weighted by Crippen LogP contribution is 2.60. The number of halogens is 9. The molecule has 0 radical (unpaired) electrons. The minimum Gasteiger partial charge on any atom is -0.457 e. The number of hydrogen-bond acceptors (Lipinski definition) is 10. The van der Waals surface area contributed by atoms with Crippen LogP contribution in [-0.2, 0) is 23.4 Å². The summed E-state index contributed by atoms with van der Waals surface area (Å²) in [5.41, 5.74) is -14.0. The lowest BCUT2D eigenvalue weighted by Gasteiger charge is -2.39. The van der Waals surface area contributed by atoms with Crippen molar-refractivity contribution in [3.63, 3.8) is 0 Å². The van der Waals surface area contributed by atoms with Gasteiger partial charge < -0.3 is 9.47 Å². The Morgan fingerprint density at radius 1 is 0.386 bits per heavy atom. The maximum atomic E-state index is 15.8. The normalized spacial score (nSPS) is 19.6. The summed E-state index contributed by atoms with van der Waals surface area (Å²) in [6.07, 6.45) is -15.4. The van der Waals surface area contributed by atoms with Gasteiger partial charge in [-0.05, 0) is 117 Å². The predicted octanol–water partition coefficient (Wildman–Crippen LogP) is 12.2. The zero-order chi connectivity index (χ0) is 59.3. The van der Waals surface area contributed by atoms with Gasteiger partial charge in [-0.1, -0.05) is 42.0 Å². The lowest BCUT2D eigenvalue weighted by Crippen LogP contribution is -2.43. The van der Waals surface area contributed by atoms with E-state index in [1.54, 1.807) is 12.1 Å². The monoisotopic (exact) mass is 1140 g/mol. The second-order valence-electron chi connectivity index (χ2n) is 21.1. The van der Waals surface area contributed by atoms with Crippen LogP contribution in [0, 0.1) is 6.92 Å². The number of rotatable bonds is 5. The average molecular weight is 1140 g/mol. The molecule has 0 spiro atoms. The third-order valence-electron chi connectivity index (χ3n) is 16.3. The van der Waals surface area contributed by atoms with E-state index in [0.29, 0.717) is 43.4 Å². The topological polar surface area (TPSA) is 168 Å². The van der Waals surface area contributed by atoms with Gasteiger partial charge in [0.25, 0.3) is 47.3 Å². The molecule has 6 heterocycles. The number of nitrogens with zero attached hydrogens (tertiary/aromatic N) is 4. The number of carbonyl (C=O) groups is 8. The molecule has 0 aromatic heterocycles. The van der Waals surface area contributed by atoms with Gasteiger partial charge >= 0.3 is 18.5 Å². The second kappa shape index (κ2) is 16.8. The molecule has 23 heteroatoms. The van der Waals surface area contributed by atoms with Crippen LogP contribution in [-0.4, -0.2) is 71.6 Å². The van der Waals surface area contributed by atoms with Crippen LogP contribution in [0.2, 0.25) is 0 Å². The Labute approximate surface area is 460 Å². The Morgan fingerprint density at radius 3 is 1.00 bits per heavy atom. The quantitative estimate of drug-likeness (QED) is 0.119. The van der Waals surface area contributed by atoms with Crippen molar-refractivity contribution in [3.05, 3.63) is 204 Å². The summed E-state index contributed by atoms with van der Waals surface area (Å²) in [4.78, 5) is 113. The van der Waals surface area contributed by atoms with Crippen LogP contribution in [0.5, 0.6) is 23.0 Å². The highest BCUT2D eigenvalue weighted by molar-refractivity contribution is 6.37. The van der Waals surface area contributed by atoms with Crippen molar-refractivity contribution in [2.24, 2.45) is 0 Å². The molecule has 14 nitrogen and oxygen atoms in total. The summed E-state index contributed by atoms with van der Waals surface area (Å²) in [5.74, 6) is -11.8. The largest absolute Gasteiger partial charge is 0.457 e. The smallest absolute Gasteiger partial charge is 0.416 e. The molecule has 8 amide bonds. The van der Waals surface area contributed by atoms with Crippen molar-refractivity contribution < 1.29 is 87.3 Å². The van der Waals surface area contributed by atoms with Crippen molar-refractivity contribution in [1.29, 1.82) is 0 Å².